The van der Waals surface area contributed by atoms with Crippen molar-refractivity contribution >= 4 is 23.3 Å². The summed E-state index contributed by atoms with van der Waals surface area (Å²) in [5.74, 6) is -2.50. The highest BCUT2D eigenvalue weighted by Gasteiger charge is 2.36. The van der Waals surface area contributed by atoms with Crippen molar-refractivity contribution in [3.8, 4) is 0 Å². The van der Waals surface area contributed by atoms with E-state index in [4.69, 9.17) is 5.73 Å². The van der Waals surface area contributed by atoms with E-state index in [0.717, 1.165) is 6.20 Å². The van der Waals surface area contributed by atoms with Gasteiger partial charge in [-0.1, -0.05) is 0 Å². The molecule has 0 aliphatic heterocycles. The summed E-state index contributed by atoms with van der Waals surface area (Å²) in [4.78, 5) is 19.9. The van der Waals surface area contributed by atoms with Crippen molar-refractivity contribution in [1.29, 1.82) is 0 Å². The van der Waals surface area contributed by atoms with Crippen molar-refractivity contribution in [2.45, 2.75) is 18.3 Å². The maximum absolute atomic E-state index is 13.3. The van der Waals surface area contributed by atoms with Crippen LogP contribution in [0.1, 0.15) is 39.5 Å². The van der Waals surface area contributed by atoms with Gasteiger partial charge in [0.2, 0.25) is 0 Å². The van der Waals surface area contributed by atoms with E-state index < -0.39 is 39.7 Å². The molecule has 0 amide bonds. The summed E-state index contributed by atoms with van der Waals surface area (Å²) in [5.41, 5.74) is 3.00. The van der Waals surface area contributed by atoms with E-state index in [1.807, 2.05) is 0 Å². The molecule has 0 spiro atoms. The Hall–Kier alpha value is -2.49. The molecular weight excluding hydrogens is 350 g/mol. The van der Waals surface area contributed by atoms with Crippen LogP contribution < -0.4 is 5.73 Å². The number of ketones is 1. The normalized spacial score (nSPS) is 12.7. The second-order valence-electron chi connectivity index (χ2n) is 4.78. The van der Waals surface area contributed by atoms with E-state index in [1.54, 1.807) is 0 Å². The molecule has 0 aliphatic rings. The highest BCUT2D eigenvalue weighted by Crippen LogP contribution is 2.33. The first-order valence-electron chi connectivity index (χ1n) is 6.47. The Labute approximate surface area is 137 Å². The van der Waals surface area contributed by atoms with Gasteiger partial charge in [-0.2, -0.15) is 13.2 Å². The van der Waals surface area contributed by atoms with Gasteiger partial charge in [-0.25, -0.2) is 14.4 Å². The summed E-state index contributed by atoms with van der Waals surface area (Å²) in [6.45, 7) is 1.50. The second-order valence-corrected chi connectivity index (χ2v) is 5.68. The molecule has 0 radical (unpaired) electrons. The number of carbonyl (C=O) groups excluding carboxylic acids is 1. The number of nitrogens with two attached hydrogens (primary N) is 1. The lowest BCUT2D eigenvalue weighted by atomic mass is 9.99. The van der Waals surface area contributed by atoms with Crippen molar-refractivity contribution in [3.63, 3.8) is 0 Å². The number of alkyl halides is 3. The van der Waals surface area contributed by atoms with E-state index in [9.17, 15) is 26.6 Å². The van der Waals surface area contributed by atoms with E-state index in [2.05, 4.69) is 9.97 Å². The molecule has 0 saturated carbocycles. The molecule has 0 bridgehead atoms. The van der Waals surface area contributed by atoms with Crippen LogP contribution >= 0.6 is 0 Å². The van der Waals surface area contributed by atoms with Crippen LogP contribution in [0, 0.1) is 5.82 Å². The zero-order chi connectivity index (χ0) is 18.1. The highest BCUT2D eigenvalue weighted by atomic mass is 32.1. The quantitative estimate of drug-likeness (QED) is 0.515. The maximum Gasteiger partial charge on any atom is 0.470 e. The van der Waals surface area contributed by atoms with E-state index in [1.165, 1.54) is 6.92 Å². The predicted octanol–water partition coefficient (Wildman–Crippen LogP) is 2.94. The molecule has 1 aromatic heterocycles. The molecule has 2 rings (SSSR count). The third-order valence-corrected chi connectivity index (χ3v) is 3.62. The molecular formula is C14H10F4N3O2S+. The number of nitrogen functional groups attached to an aromatic ring is 1. The number of rotatable bonds is 4. The zero-order valence-electron chi connectivity index (χ0n) is 12.1. The van der Waals surface area contributed by atoms with Gasteiger partial charge in [0, 0.05) is 22.9 Å². The fourth-order valence-electron chi connectivity index (χ4n) is 1.92. The molecule has 24 heavy (non-hydrogen) atoms. The minimum absolute atomic E-state index is 0.0411. The van der Waals surface area contributed by atoms with Gasteiger partial charge >= 0.3 is 17.8 Å². The molecule has 0 fully saturated rings. The third kappa shape index (κ3) is 3.53. The predicted molar refractivity (Wildman–Crippen MR) is 77.7 cm³/mol. The maximum atomic E-state index is 13.3. The van der Waals surface area contributed by atoms with Gasteiger partial charge in [0.25, 0.3) is 5.25 Å². The first-order valence-corrected chi connectivity index (χ1v) is 7.28. The number of benzene rings is 1. The SMILES string of the molecule is CC([S+]=O)c1ncc(C(=O)c2cc(F)ccc2C(F)(F)F)c(N)n1. The average Bonchev–Trinajstić information content (AvgIpc) is 2.52. The molecule has 2 aromatic rings. The Morgan fingerprint density at radius 2 is 1.96 bits per heavy atom. The monoisotopic (exact) mass is 360 g/mol. The minimum atomic E-state index is -4.85. The van der Waals surface area contributed by atoms with Crippen LogP contribution in [-0.2, 0) is 22.1 Å². The summed E-state index contributed by atoms with van der Waals surface area (Å²) >= 11 is 0.191. The lowest BCUT2D eigenvalue weighted by molar-refractivity contribution is -0.137. The van der Waals surface area contributed by atoms with Crippen LogP contribution in [0.4, 0.5) is 23.4 Å². The Morgan fingerprint density at radius 3 is 2.50 bits per heavy atom. The van der Waals surface area contributed by atoms with Crippen LogP contribution in [0.25, 0.3) is 0 Å². The molecule has 0 saturated heterocycles. The fourth-order valence-corrected chi connectivity index (χ4v) is 2.12. The van der Waals surface area contributed by atoms with Gasteiger partial charge in [0.05, 0.1) is 11.1 Å². The number of hydrogen-bond acceptors (Lipinski definition) is 5. The standard InChI is InChI=1S/C14H9F4N3O2S/c1-6(24-23)13-20-5-9(12(19)21-13)11(22)8-4-7(15)2-3-10(8)14(16,17)18/h2-6H,1H3,(H-,19,20,21,22)/p+1. The van der Waals surface area contributed by atoms with Gasteiger partial charge in [-0.05, 0) is 18.2 Å². The van der Waals surface area contributed by atoms with E-state index >= 15 is 0 Å². The average molecular weight is 360 g/mol. The summed E-state index contributed by atoms with van der Waals surface area (Å²) in [6, 6.07) is 1.56. The van der Waals surface area contributed by atoms with Gasteiger partial charge in [0.1, 0.15) is 11.6 Å². The van der Waals surface area contributed by atoms with Crippen molar-refractivity contribution < 1.29 is 26.6 Å². The van der Waals surface area contributed by atoms with Crippen LogP contribution in [0.3, 0.4) is 0 Å². The summed E-state index contributed by atoms with van der Waals surface area (Å²) < 4.78 is 63.0. The molecule has 10 heteroatoms. The highest BCUT2D eigenvalue weighted by molar-refractivity contribution is 7.65. The first-order chi connectivity index (χ1) is 11.1. The number of aromatic nitrogens is 2. The number of nitrogens with zero attached hydrogens (tertiary/aromatic N) is 2. The summed E-state index contributed by atoms with van der Waals surface area (Å²) in [5, 5.41) is -0.656. The van der Waals surface area contributed by atoms with Crippen molar-refractivity contribution in [3.05, 3.63) is 52.7 Å². The van der Waals surface area contributed by atoms with Gasteiger partial charge in [-0.15, -0.1) is 0 Å². The Bertz CT molecular complexity index is 811. The number of hydrogen-bond donors (Lipinski definition) is 1. The van der Waals surface area contributed by atoms with Crippen molar-refractivity contribution in [2.75, 3.05) is 5.73 Å². The van der Waals surface area contributed by atoms with E-state index in [-0.39, 0.29) is 23.3 Å². The molecule has 5 nitrogen and oxygen atoms in total. The Morgan fingerprint density at radius 1 is 1.29 bits per heavy atom. The molecule has 1 heterocycles. The summed E-state index contributed by atoms with van der Waals surface area (Å²) in [7, 11) is 0. The number of carbonyl (C=O) groups is 1. The molecule has 1 aromatic carbocycles. The molecule has 2 N–H and O–H groups in total. The Kier molecular flexibility index (Phi) is 4.88. The van der Waals surface area contributed by atoms with Gasteiger partial charge in [-0.3, -0.25) is 4.79 Å². The lowest BCUT2D eigenvalue weighted by Crippen LogP contribution is -2.17. The van der Waals surface area contributed by atoms with Gasteiger partial charge < -0.3 is 5.73 Å². The van der Waals surface area contributed by atoms with Gasteiger partial charge in [0.15, 0.2) is 11.6 Å². The largest absolute Gasteiger partial charge is 0.470 e. The lowest BCUT2D eigenvalue weighted by Gasteiger charge is -2.12. The van der Waals surface area contributed by atoms with Crippen LogP contribution in [0.15, 0.2) is 24.4 Å². The number of anilines is 1. The van der Waals surface area contributed by atoms with E-state index in [0.29, 0.717) is 18.2 Å². The van der Waals surface area contributed by atoms with Crippen LogP contribution in [0.2, 0.25) is 0 Å². The third-order valence-electron chi connectivity index (χ3n) is 3.12. The topological polar surface area (TPSA) is 85.9 Å². The first kappa shape index (κ1) is 17.9. The minimum Gasteiger partial charge on any atom is -0.383 e. The molecule has 1 atom stereocenters. The number of halogens is 4. The second kappa shape index (κ2) is 6.56. The Balaban J connectivity index is 2.54. The van der Waals surface area contributed by atoms with Crippen molar-refractivity contribution in [2.24, 2.45) is 0 Å². The smallest absolute Gasteiger partial charge is 0.383 e. The fraction of sp³-hybridized carbons (Fsp3) is 0.214. The van der Waals surface area contributed by atoms with Crippen molar-refractivity contribution in [1.82, 2.24) is 9.97 Å². The molecule has 0 aliphatic carbocycles. The molecule has 126 valence electrons. The molecule has 1 unspecified atom stereocenters. The summed E-state index contributed by atoms with van der Waals surface area (Å²) in [6.07, 6.45) is -3.92. The van der Waals surface area contributed by atoms with Crippen LogP contribution in [-0.4, -0.2) is 15.8 Å². The zero-order valence-corrected chi connectivity index (χ0v) is 12.9. The van der Waals surface area contributed by atoms with Crippen LogP contribution in [0.5, 0.6) is 0 Å².